The van der Waals surface area contributed by atoms with E-state index < -0.39 is 23.6 Å². The zero-order valence-corrected chi connectivity index (χ0v) is 17.6. The molecule has 9 nitrogen and oxygen atoms in total. The van der Waals surface area contributed by atoms with E-state index in [9.17, 15) is 22.8 Å². The van der Waals surface area contributed by atoms with Crippen LogP contribution in [-0.4, -0.2) is 38.1 Å². The van der Waals surface area contributed by atoms with Gasteiger partial charge in [-0.1, -0.05) is 0 Å². The first-order chi connectivity index (χ1) is 14.6. The standard InChI is InChI=1S/C19H16F3N7O2.H2S/c1-10-9-28(15-5-3-12(7-25-15)19(20,21)22)18(31)16-13(8-26-29(10)16)27-17(30)11-2-4-14(23)24-6-11;/h2-8,10H,9H2,1H3,(H2,23,24)(H,27,30);1H2/t10-;/m0./s1. The zero-order valence-electron chi connectivity index (χ0n) is 16.6. The van der Waals surface area contributed by atoms with Crippen LogP contribution in [0, 0.1) is 0 Å². The largest absolute Gasteiger partial charge is 0.417 e. The van der Waals surface area contributed by atoms with Gasteiger partial charge in [-0.25, -0.2) is 9.97 Å². The summed E-state index contributed by atoms with van der Waals surface area (Å²) in [5, 5.41) is 6.79. The minimum absolute atomic E-state index is 0. The van der Waals surface area contributed by atoms with Crippen molar-refractivity contribution in [1.29, 1.82) is 0 Å². The SMILES string of the molecule is C[C@H]1CN(c2ccc(C(F)(F)F)cn2)C(=O)c2c(NC(=O)c3ccc(N)nc3)cnn21.S. The molecule has 0 radical (unpaired) electrons. The van der Waals surface area contributed by atoms with Crippen LogP contribution in [0.5, 0.6) is 0 Å². The lowest BCUT2D eigenvalue weighted by atomic mass is 10.1. The number of hydrogen-bond acceptors (Lipinski definition) is 6. The lowest BCUT2D eigenvalue weighted by molar-refractivity contribution is -0.137. The molecule has 3 N–H and O–H groups in total. The molecule has 1 aliphatic heterocycles. The number of fused-ring (bicyclic) bond motifs is 1. The highest BCUT2D eigenvalue weighted by atomic mass is 32.1. The first-order valence-corrected chi connectivity index (χ1v) is 9.10. The summed E-state index contributed by atoms with van der Waals surface area (Å²) < 4.78 is 39.9. The third-order valence-electron chi connectivity index (χ3n) is 4.76. The smallest absolute Gasteiger partial charge is 0.384 e. The van der Waals surface area contributed by atoms with Gasteiger partial charge >= 0.3 is 6.18 Å². The molecule has 0 fully saturated rings. The van der Waals surface area contributed by atoms with E-state index in [1.165, 1.54) is 34.1 Å². The molecule has 0 spiro atoms. The second-order valence-electron chi connectivity index (χ2n) is 6.94. The Bertz CT molecular complexity index is 1150. The Morgan fingerprint density at radius 1 is 1.16 bits per heavy atom. The van der Waals surface area contributed by atoms with Gasteiger partial charge in [0, 0.05) is 18.9 Å². The molecule has 4 heterocycles. The average molecular weight is 465 g/mol. The number of hydrogen-bond donors (Lipinski definition) is 2. The minimum Gasteiger partial charge on any atom is -0.384 e. The third-order valence-corrected chi connectivity index (χ3v) is 4.76. The summed E-state index contributed by atoms with van der Waals surface area (Å²) in [6, 6.07) is 4.64. The van der Waals surface area contributed by atoms with Crippen LogP contribution in [-0.2, 0) is 6.18 Å². The highest BCUT2D eigenvalue weighted by Crippen LogP contribution is 2.32. The molecule has 0 aromatic carbocycles. The third kappa shape index (κ3) is 4.23. The number of alkyl halides is 3. The number of amides is 2. The number of nitrogens with two attached hydrogens (primary N) is 1. The van der Waals surface area contributed by atoms with Gasteiger partial charge in [0.2, 0.25) is 0 Å². The molecule has 1 aliphatic rings. The van der Waals surface area contributed by atoms with Crippen molar-refractivity contribution in [2.75, 3.05) is 22.5 Å². The summed E-state index contributed by atoms with van der Waals surface area (Å²) in [6.45, 7) is 1.94. The molecule has 0 saturated carbocycles. The number of nitrogens with one attached hydrogen (secondary N) is 1. The van der Waals surface area contributed by atoms with Gasteiger partial charge in [-0.2, -0.15) is 31.8 Å². The van der Waals surface area contributed by atoms with E-state index in [0.717, 1.165) is 12.1 Å². The molecule has 1 atom stereocenters. The minimum atomic E-state index is -4.53. The first kappa shape index (κ1) is 23.1. The average Bonchev–Trinajstić information content (AvgIpc) is 3.15. The van der Waals surface area contributed by atoms with Gasteiger partial charge in [-0.15, -0.1) is 0 Å². The van der Waals surface area contributed by atoms with E-state index in [-0.39, 0.29) is 54.7 Å². The Labute approximate surface area is 186 Å². The quantitative estimate of drug-likeness (QED) is 0.614. The van der Waals surface area contributed by atoms with Crippen molar-refractivity contribution in [2.24, 2.45) is 0 Å². The van der Waals surface area contributed by atoms with Crippen LogP contribution in [0.25, 0.3) is 0 Å². The summed E-state index contributed by atoms with van der Waals surface area (Å²) in [4.78, 5) is 34.5. The van der Waals surface area contributed by atoms with Gasteiger partial charge < -0.3 is 11.1 Å². The molecule has 0 saturated heterocycles. The van der Waals surface area contributed by atoms with E-state index >= 15 is 0 Å². The number of carbonyl (C=O) groups is 2. The normalized spacial score (nSPS) is 15.7. The van der Waals surface area contributed by atoms with Crippen LogP contribution in [0.1, 0.15) is 39.4 Å². The number of aromatic nitrogens is 4. The van der Waals surface area contributed by atoms with Crippen LogP contribution in [0.3, 0.4) is 0 Å². The number of halogens is 3. The van der Waals surface area contributed by atoms with Crippen LogP contribution in [0.4, 0.5) is 30.5 Å². The molecule has 3 aromatic rings. The molecule has 168 valence electrons. The molecular weight excluding hydrogens is 447 g/mol. The van der Waals surface area contributed by atoms with Crippen LogP contribution in [0.2, 0.25) is 0 Å². The Morgan fingerprint density at radius 3 is 2.50 bits per heavy atom. The van der Waals surface area contributed by atoms with E-state index in [1.807, 2.05) is 0 Å². The van der Waals surface area contributed by atoms with Crippen molar-refractivity contribution < 1.29 is 22.8 Å². The van der Waals surface area contributed by atoms with Gasteiger partial charge in [-0.05, 0) is 31.2 Å². The predicted molar refractivity (Wildman–Crippen MR) is 115 cm³/mol. The van der Waals surface area contributed by atoms with E-state index in [4.69, 9.17) is 5.73 Å². The predicted octanol–water partition coefficient (Wildman–Crippen LogP) is 2.86. The lowest BCUT2D eigenvalue weighted by Gasteiger charge is -2.31. The monoisotopic (exact) mass is 465 g/mol. The van der Waals surface area contributed by atoms with Gasteiger partial charge in [0.15, 0.2) is 5.69 Å². The van der Waals surface area contributed by atoms with Crippen molar-refractivity contribution in [1.82, 2.24) is 19.7 Å². The van der Waals surface area contributed by atoms with Crippen molar-refractivity contribution in [3.8, 4) is 0 Å². The summed E-state index contributed by atoms with van der Waals surface area (Å²) in [5.74, 6) is -0.748. The van der Waals surface area contributed by atoms with Gasteiger partial charge in [0.05, 0.1) is 29.1 Å². The second-order valence-corrected chi connectivity index (χ2v) is 6.94. The Morgan fingerprint density at radius 2 is 1.91 bits per heavy atom. The number of nitrogens with zero attached hydrogens (tertiary/aromatic N) is 5. The van der Waals surface area contributed by atoms with Crippen LogP contribution < -0.4 is 16.0 Å². The fraction of sp³-hybridized carbons (Fsp3) is 0.211. The van der Waals surface area contributed by atoms with Crippen molar-refractivity contribution in [3.63, 3.8) is 0 Å². The van der Waals surface area contributed by atoms with Gasteiger partial charge in [0.1, 0.15) is 11.6 Å². The van der Waals surface area contributed by atoms with Crippen LogP contribution in [0.15, 0.2) is 42.9 Å². The highest BCUT2D eigenvalue weighted by molar-refractivity contribution is 7.59. The maximum atomic E-state index is 13.1. The summed E-state index contributed by atoms with van der Waals surface area (Å²) >= 11 is 0. The topological polar surface area (TPSA) is 119 Å². The van der Waals surface area contributed by atoms with Crippen molar-refractivity contribution >= 4 is 42.6 Å². The summed E-state index contributed by atoms with van der Waals surface area (Å²) in [5.41, 5.74) is 5.09. The molecular formula is C19H18F3N7O2S. The molecule has 0 bridgehead atoms. The number of nitrogen functional groups attached to an aromatic ring is 1. The first-order valence-electron chi connectivity index (χ1n) is 9.10. The second kappa shape index (κ2) is 8.49. The van der Waals surface area contributed by atoms with E-state index in [0.29, 0.717) is 6.20 Å². The van der Waals surface area contributed by atoms with Gasteiger partial charge in [0.25, 0.3) is 11.8 Å². The Kier molecular flexibility index (Phi) is 6.12. The summed E-state index contributed by atoms with van der Waals surface area (Å²) in [6.07, 6.45) is -1.21. The van der Waals surface area contributed by atoms with Crippen molar-refractivity contribution in [2.45, 2.75) is 19.1 Å². The molecule has 4 rings (SSSR count). The number of rotatable bonds is 3. The van der Waals surface area contributed by atoms with Crippen LogP contribution >= 0.6 is 13.5 Å². The molecule has 3 aromatic heterocycles. The summed E-state index contributed by atoms with van der Waals surface area (Å²) in [7, 11) is 0. The molecule has 0 aliphatic carbocycles. The molecule has 2 amide bonds. The fourth-order valence-electron chi connectivity index (χ4n) is 3.20. The Balaban J connectivity index is 0.00000289. The number of carbonyl (C=O) groups excluding carboxylic acids is 2. The fourth-order valence-corrected chi connectivity index (χ4v) is 3.20. The van der Waals surface area contributed by atoms with E-state index in [1.54, 1.807) is 6.92 Å². The molecule has 32 heavy (non-hydrogen) atoms. The highest BCUT2D eigenvalue weighted by Gasteiger charge is 2.36. The molecule has 0 unspecified atom stereocenters. The number of anilines is 3. The van der Waals surface area contributed by atoms with Gasteiger partial charge in [-0.3, -0.25) is 19.2 Å². The number of pyridine rings is 2. The Hall–Kier alpha value is -3.61. The lowest BCUT2D eigenvalue weighted by Crippen LogP contribution is -2.43. The zero-order chi connectivity index (χ0) is 22.3. The maximum Gasteiger partial charge on any atom is 0.417 e. The van der Waals surface area contributed by atoms with E-state index in [2.05, 4.69) is 20.4 Å². The van der Waals surface area contributed by atoms with Crippen molar-refractivity contribution in [3.05, 3.63) is 59.7 Å². The maximum absolute atomic E-state index is 13.1. The molecule has 13 heteroatoms.